The van der Waals surface area contributed by atoms with Gasteiger partial charge in [-0.15, -0.1) is 11.3 Å². The van der Waals surface area contributed by atoms with Crippen molar-refractivity contribution < 1.29 is 9.53 Å². The molecule has 0 radical (unpaired) electrons. The summed E-state index contributed by atoms with van der Waals surface area (Å²) in [7, 11) is 1.36. The first-order chi connectivity index (χ1) is 9.13. The number of esters is 1. The summed E-state index contributed by atoms with van der Waals surface area (Å²) >= 11 is 2.97. The minimum Gasteiger partial charge on any atom is -0.465 e. The molecular weight excluding hydrogens is 282 g/mol. The molecule has 0 aliphatic heterocycles. The summed E-state index contributed by atoms with van der Waals surface area (Å²) in [5.74, 6) is -0.360. The van der Waals surface area contributed by atoms with Crippen molar-refractivity contribution in [3.05, 3.63) is 27.2 Å². The van der Waals surface area contributed by atoms with Crippen LogP contribution in [0.5, 0.6) is 0 Å². The summed E-state index contributed by atoms with van der Waals surface area (Å²) in [6.07, 6.45) is 4.42. The molecule has 1 unspecified atom stereocenters. The Balaban J connectivity index is 2.04. The molecule has 0 aromatic carbocycles. The van der Waals surface area contributed by atoms with Crippen LogP contribution >= 0.6 is 22.7 Å². The van der Waals surface area contributed by atoms with Gasteiger partial charge in [0.15, 0.2) is 5.13 Å². The van der Waals surface area contributed by atoms with Gasteiger partial charge in [0.25, 0.3) is 0 Å². The molecule has 0 fully saturated rings. The van der Waals surface area contributed by atoms with Crippen LogP contribution in [0, 0.1) is 0 Å². The summed E-state index contributed by atoms with van der Waals surface area (Å²) in [6.45, 7) is 4.14. The van der Waals surface area contributed by atoms with Gasteiger partial charge in [0, 0.05) is 11.1 Å². The van der Waals surface area contributed by atoms with Gasteiger partial charge < -0.3 is 10.1 Å². The number of nitrogens with one attached hydrogen (secondary N) is 1. The van der Waals surface area contributed by atoms with Gasteiger partial charge in [-0.25, -0.2) is 14.8 Å². The number of rotatable bonds is 5. The molecule has 0 bridgehead atoms. The SMILES string of the molecule is CCc1cnc(C(C)Nc2ncc(C(=O)OC)s2)s1. The second-order valence-corrected chi connectivity index (χ2v) is 6.08. The fourth-order valence-electron chi connectivity index (χ4n) is 1.47. The number of hydrogen-bond acceptors (Lipinski definition) is 7. The number of nitrogens with zero attached hydrogens (tertiary/aromatic N) is 2. The number of methoxy groups -OCH3 is 1. The Hall–Kier alpha value is -1.47. The van der Waals surface area contributed by atoms with Crippen molar-refractivity contribution in [2.24, 2.45) is 0 Å². The second-order valence-electron chi connectivity index (χ2n) is 3.91. The molecule has 5 nitrogen and oxygen atoms in total. The van der Waals surface area contributed by atoms with Gasteiger partial charge >= 0.3 is 5.97 Å². The lowest BCUT2D eigenvalue weighted by molar-refractivity contribution is 0.0606. The van der Waals surface area contributed by atoms with Gasteiger partial charge in [-0.1, -0.05) is 18.3 Å². The van der Waals surface area contributed by atoms with Crippen LogP contribution in [-0.2, 0) is 11.2 Å². The largest absolute Gasteiger partial charge is 0.465 e. The minimum atomic E-state index is -0.360. The average molecular weight is 297 g/mol. The lowest BCUT2D eigenvalue weighted by Gasteiger charge is -2.08. The molecule has 0 aliphatic rings. The highest BCUT2D eigenvalue weighted by molar-refractivity contribution is 7.17. The van der Waals surface area contributed by atoms with E-state index in [0.717, 1.165) is 11.4 Å². The van der Waals surface area contributed by atoms with E-state index in [1.54, 1.807) is 11.3 Å². The number of hydrogen-bond donors (Lipinski definition) is 1. The number of carbonyl (C=O) groups is 1. The summed E-state index contributed by atoms with van der Waals surface area (Å²) in [5.41, 5.74) is 0. The lowest BCUT2D eigenvalue weighted by Crippen LogP contribution is -2.05. The molecule has 0 saturated heterocycles. The third-order valence-corrected chi connectivity index (χ3v) is 4.76. The fourth-order valence-corrected chi connectivity index (χ4v) is 3.15. The Morgan fingerprint density at radius 2 is 2.21 bits per heavy atom. The second kappa shape index (κ2) is 6.12. The van der Waals surface area contributed by atoms with Crippen LogP contribution in [0.4, 0.5) is 5.13 Å². The van der Waals surface area contributed by atoms with Crippen LogP contribution in [0.3, 0.4) is 0 Å². The molecule has 19 heavy (non-hydrogen) atoms. The van der Waals surface area contributed by atoms with Gasteiger partial charge in [0.05, 0.1) is 19.3 Å². The van der Waals surface area contributed by atoms with Crippen molar-refractivity contribution in [1.29, 1.82) is 0 Å². The lowest BCUT2D eigenvalue weighted by atomic mass is 10.4. The van der Waals surface area contributed by atoms with E-state index in [-0.39, 0.29) is 12.0 Å². The Morgan fingerprint density at radius 1 is 1.42 bits per heavy atom. The predicted molar refractivity (Wildman–Crippen MR) is 77.0 cm³/mol. The van der Waals surface area contributed by atoms with Crippen LogP contribution in [0.25, 0.3) is 0 Å². The van der Waals surface area contributed by atoms with Crippen LogP contribution < -0.4 is 5.32 Å². The molecule has 0 saturated carbocycles. The van der Waals surface area contributed by atoms with Crippen molar-refractivity contribution in [2.45, 2.75) is 26.3 Å². The third kappa shape index (κ3) is 3.30. The molecule has 102 valence electrons. The zero-order valence-electron chi connectivity index (χ0n) is 11.0. The maximum Gasteiger partial charge on any atom is 0.349 e. The number of aromatic nitrogens is 2. The molecule has 1 atom stereocenters. The fraction of sp³-hybridized carbons (Fsp3) is 0.417. The highest BCUT2D eigenvalue weighted by Crippen LogP contribution is 2.26. The normalized spacial score (nSPS) is 12.2. The predicted octanol–water partition coefficient (Wildman–Crippen LogP) is 3.12. The minimum absolute atomic E-state index is 0.0712. The van der Waals surface area contributed by atoms with E-state index in [4.69, 9.17) is 0 Å². The van der Waals surface area contributed by atoms with E-state index < -0.39 is 0 Å². The average Bonchev–Trinajstić information content (AvgIpc) is 3.06. The highest BCUT2D eigenvalue weighted by Gasteiger charge is 2.14. The van der Waals surface area contributed by atoms with Gasteiger partial charge in [0.1, 0.15) is 9.88 Å². The number of anilines is 1. The first-order valence-corrected chi connectivity index (χ1v) is 7.52. The Labute approximate surface area is 119 Å². The first-order valence-electron chi connectivity index (χ1n) is 5.89. The molecule has 2 aromatic heterocycles. The van der Waals surface area contributed by atoms with E-state index in [9.17, 15) is 4.79 Å². The van der Waals surface area contributed by atoms with E-state index in [0.29, 0.717) is 10.0 Å². The zero-order valence-corrected chi connectivity index (χ0v) is 12.6. The van der Waals surface area contributed by atoms with Crippen LogP contribution in [0.1, 0.15) is 39.4 Å². The van der Waals surface area contributed by atoms with Crippen molar-refractivity contribution in [3.8, 4) is 0 Å². The van der Waals surface area contributed by atoms with E-state index in [1.165, 1.54) is 29.5 Å². The summed E-state index contributed by atoms with van der Waals surface area (Å²) < 4.78 is 4.65. The molecule has 2 aromatic rings. The van der Waals surface area contributed by atoms with Crippen LogP contribution in [-0.4, -0.2) is 23.0 Å². The molecule has 1 N–H and O–H groups in total. The third-order valence-electron chi connectivity index (χ3n) is 2.52. The summed E-state index contributed by atoms with van der Waals surface area (Å²) in [6, 6.07) is 0.0712. The number of thiazole rings is 2. The van der Waals surface area contributed by atoms with Crippen molar-refractivity contribution >= 4 is 33.8 Å². The maximum absolute atomic E-state index is 11.3. The van der Waals surface area contributed by atoms with E-state index in [2.05, 4.69) is 26.9 Å². The molecule has 0 amide bonds. The molecule has 7 heteroatoms. The highest BCUT2D eigenvalue weighted by atomic mass is 32.1. The number of ether oxygens (including phenoxy) is 1. The summed E-state index contributed by atoms with van der Waals surface area (Å²) in [4.78, 5) is 21.6. The van der Waals surface area contributed by atoms with Gasteiger partial charge in [-0.3, -0.25) is 0 Å². The molecule has 2 heterocycles. The van der Waals surface area contributed by atoms with Crippen molar-refractivity contribution in [2.75, 3.05) is 12.4 Å². The van der Waals surface area contributed by atoms with Gasteiger partial charge in [-0.05, 0) is 13.3 Å². The van der Waals surface area contributed by atoms with Crippen molar-refractivity contribution in [1.82, 2.24) is 9.97 Å². The Morgan fingerprint density at radius 3 is 2.84 bits per heavy atom. The molecule has 0 spiro atoms. The molecular formula is C12H15N3O2S2. The standard InChI is InChI=1S/C12H15N3O2S2/c1-4-8-5-13-10(18-8)7(2)15-12-14-6-9(19-12)11(16)17-3/h5-7H,4H2,1-3H3,(H,14,15). The molecule has 2 rings (SSSR count). The van der Waals surface area contributed by atoms with Crippen LogP contribution in [0.15, 0.2) is 12.4 Å². The van der Waals surface area contributed by atoms with E-state index >= 15 is 0 Å². The maximum atomic E-state index is 11.3. The monoisotopic (exact) mass is 297 g/mol. The van der Waals surface area contributed by atoms with E-state index in [1.807, 2.05) is 13.1 Å². The Bertz CT molecular complexity index is 565. The summed E-state index contributed by atoms with van der Waals surface area (Å²) in [5, 5.41) is 4.96. The molecule has 0 aliphatic carbocycles. The quantitative estimate of drug-likeness (QED) is 0.859. The smallest absolute Gasteiger partial charge is 0.349 e. The zero-order chi connectivity index (χ0) is 13.8. The van der Waals surface area contributed by atoms with Crippen LogP contribution in [0.2, 0.25) is 0 Å². The number of carbonyl (C=O) groups excluding carboxylic acids is 1. The topological polar surface area (TPSA) is 64.1 Å². The first kappa shape index (κ1) is 14.0. The van der Waals surface area contributed by atoms with Gasteiger partial charge in [0.2, 0.25) is 0 Å². The Kier molecular flexibility index (Phi) is 4.49. The van der Waals surface area contributed by atoms with Crippen molar-refractivity contribution in [3.63, 3.8) is 0 Å². The van der Waals surface area contributed by atoms with Gasteiger partial charge in [-0.2, -0.15) is 0 Å². The number of aryl methyl sites for hydroxylation is 1.